The molecule has 1 aliphatic heterocycles. The maximum atomic E-state index is 9.12. The van der Waals surface area contributed by atoms with Gasteiger partial charge in [-0.25, -0.2) is 9.97 Å². The highest BCUT2D eigenvalue weighted by Gasteiger charge is 2.20. The Morgan fingerprint density at radius 2 is 2.12 bits per heavy atom. The summed E-state index contributed by atoms with van der Waals surface area (Å²) in [4.78, 5) is 10.9. The molecule has 0 aliphatic carbocycles. The number of anilines is 1. The Bertz CT molecular complexity index is 757. The summed E-state index contributed by atoms with van der Waals surface area (Å²) < 4.78 is 0. The average Bonchev–Trinajstić information content (AvgIpc) is 2.56. The van der Waals surface area contributed by atoms with E-state index in [9.17, 15) is 0 Å². The molecule has 0 saturated heterocycles. The number of aromatic nitrogens is 2. The molecular formula is C17H19Cl2N5. The number of fused-ring (bicyclic) bond motifs is 1. The van der Waals surface area contributed by atoms with E-state index in [1.54, 1.807) is 0 Å². The van der Waals surface area contributed by atoms with Crippen molar-refractivity contribution >= 4 is 29.8 Å². The number of nitrogens with one attached hydrogen (secondary N) is 1. The van der Waals surface area contributed by atoms with Gasteiger partial charge in [-0.3, -0.25) is 0 Å². The minimum atomic E-state index is 0. The summed E-state index contributed by atoms with van der Waals surface area (Å²) >= 11 is 6.19. The summed E-state index contributed by atoms with van der Waals surface area (Å²) in [6, 6.07) is 9.87. The molecule has 1 aliphatic rings. The fourth-order valence-electron chi connectivity index (χ4n) is 2.76. The van der Waals surface area contributed by atoms with Crippen LogP contribution in [0.4, 0.5) is 5.82 Å². The van der Waals surface area contributed by atoms with Gasteiger partial charge in [-0.05, 0) is 25.1 Å². The van der Waals surface area contributed by atoms with Gasteiger partial charge in [-0.2, -0.15) is 5.26 Å². The van der Waals surface area contributed by atoms with Crippen LogP contribution >= 0.6 is 24.0 Å². The van der Waals surface area contributed by atoms with Crippen LogP contribution in [0.1, 0.15) is 22.6 Å². The van der Waals surface area contributed by atoms with Gasteiger partial charge in [0.2, 0.25) is 5.82 Å². The Hall–Kier alpha value is -1.87. The first-order chi connectivity index (χ1) is 11.2. The first-order valence-corrected chi connectivity index (χ1v) is 8.01. The molecule has 1 aromatic carbocycles. The summed E-state index contributed by atoms with van der Waals surface area (Å²) in [7, 11) is 2.08. The van der Waals surface area contributed by atoms with E-state index in [1.807, 2.05) is 30.3 Å². The minimum Gasteiger partial charge on any atom is -0.369 e. The first-order valence-electron chi connectivity index (χ1n) is 7.63. The van der Waals surface area contributed by atoms with Gasteiger partial charge in [0.15, 0.2) is 0 Å². The summed E-state index contributed by atoms with van der Waals surface area (Å²) in [6.45, 7) is 2.46. The van der Waals surface area contributed by atoms with Gasteiger partial charge in [-0.15, -0.1) is 12.4 Å². The predicted octanol–water partition coefficient (Wildman–Crippen LogP) is 3.07. The third-order valence-corrected chi connectivity index (χ3v) is 4.36. The van der Waals surface area contributed by atoms with E-state index in [4.69, 9.17) is 16.9 Å². The third kappa shape index (κ3) is 4.15. The van der Waals surface area contributed by atoms with Crippen molar-refractivity contribution in [1.29, 1.82) is 5.26 Å². The largest absolute Gasteiger partial charge is 0.369 e. The molecule has 0 saturated carbocycles. The highest BCUT2D eigenvalue weighted by Crippen LogP contribution is 2.23. The molecule has 0 bridgehead atoms. The van der Waals surface area contributed by atoms with Crippen LogP contribution in [-0.4, -0.2) is 35.0 Å². The lowest BCUT2D eigenvalue weighted by Crippen LogP contribution is -2.29. The number of nitrogens with zero attached hydrogens (tertiary/aromatic N) is 4. The standard InChI is InChI=1S/C17H18ClN5.ClH/c1-23-9-7-15-13(11-23)17(22-16(10-19)21-15)20-8-6-12-4-2-3-5-14(12)18;/h2-5H,6-9,11H2,1H3,(H,20,21,22);1H. The smallest absolute Gasteiger partial charge is 0.234 e. The summed E-state index contributed by atoms with van der Waals surface area (Å²) in [5.41, 5.74) is 3.18. The van der Waals surface area contributed by atoms with Crippen LogP contribution in [0, 0.1) is 11.3 Å². The van der Waals surface area contributed by atoms with Crippen molar-refractivity contribution in [2.75, 3.05) is 25.5 Å². The number of hydrogen-bond acceptors (Lipinski definition) is 5. The molecule has 0 radical (unpaired) electrons. The summed E-state index contributed by atoms with van der Waals surface area (Å²) in [6.07, 6.45) is 1.65. The maximum absolute atomic E-state index is 9.12. The molecule has 2 aromatic rings. The van der Waals surface area contributed by atoms with Gasteiger partial charge in [0.1, 0.15) is 11.9 Å². The van der Waals surface area contributed by atoms with Crippen LogP contribution in [0.5, 0.6) is 0 Å². The van der Waals surface area contributed by atoms with Crippen LogP contribution in [0.2, 0.25) is 5.02 Å². The molecule has 24 heavy (non-hydrogen) atoms. The number of rotatable bonds is 4. The normalized spacial score (nSPS) is 13.5. The van der Waals surface area contributed by atoms with Crippen LogP contribution in [0.15, 0.2) is 24.3 Å². The summed E-state index contributed by atoms with van der Waals surface area (Å²) in [5, 5.41) is 13.3. The molecule has 5 nitrogen and oxygen atoms in total. The Labute approximate surface area is 153 Å². The molecule has 1 N–H and O–H groups in total. The van der Waals surface area contributed by atoms with Crippen molar-refractivity contribution in [2.24, 2.45) is 0 Å². The topological polar surface area (TPSA) is 64.8 Å². The number of halogens is 2. The Balaban J connectivity index is 0.00000208. The van der Waals surface area contributed by atoms with Crippen LogP contribution in [0.3, 0.4) is 0 Å². The lowest BCUT2D eigenvalue weighted by atomic mass is 10.1. The van der Waals surface area contributed by atoms with Crippen LogP contribution in [0.25, 0.3) is 0 Å². The summed E-state index contributed by atoms with van der Waals surface area (Å²) in [5.74, 6) is 0.999. The molecule has 0 atom stereocenters. The van der Waals surface area contributed by atoms with Gasteiger partial charge in [-0.1, -0.05) is 29.8 Å². The Morgan fingerprint density at radius 3 is 2.88 bits per heavy atom. The van der Waals surface area contributed by atoms with E-state index in [0.29, 0.717) is 6.54 Å². The second-order valence-electron chi connectivity index (χ2n) is 5.69. The number of likely N-dealkylation sites (N-methyl/N-ethyl adjacent to an activating group) is 1. The van der Waals surface area contributed by atoms with Crippen molar-refractivity contribution in [3.63, 3.8) is 0 Å². The molecule has 3 rings (SSSR count). The molecule has 1 aromatic heterocycles. The number of benzene rings is 1. The van der Waals surface area contributed by atoms with E-state index in [1.165, 1.54) is 0 Å². The van der Waals surface area contributed by atoms with Crippen molar-refractivity contribution < 1.29 is 0 Å². The highest BCUT2D eigenvalue weighted by molar-refractivity contribution is 6.31. The quantitative estimate of drug-likeness (QED) is 0.903. The molecule has 0 spiro atoms. The highest BCUT2D eigenvalue weighted by atomic mass is 35.5. The zero-order valence-corrected chi connectivity index (χ0v) is 15.0. The monoisotopic (exact) mass is 363 g/mol. The van der Waals surface area contributed by atoms with Gasteiger partial charge in [0, 0.05) is 36.6 Å². The average molecular weight is 364 g/mol. The van der Waals surface area contributed by atoms with E-state index >= 15 is 0 Å². The van der Waals surface area contributed by atoms with Gasteiger partial charge < -0.3 is 10.2 Å². The predicted molar refractivity (Wildman–Crippen MR) is 97.7 cm³/mol. The molecular weight excluding hydrogens is 345 g/mol. The van der Waals surface area contributed by atoms with E-state index in [-0.39, 0.29) is 18.2 Å². The molecule has 2 heterocycles. The van der Waals surface area contributed by atoms with Crippen molar-refractivity contribution in [1.82, 2.24) is 14.9 Å². The van der Waals surface area contributed by atoms with E-state index < -0.39 is 0 Å². The molecule has 0 amide bonds. The van der Waals surface area contributed by atoms with Crippen molar-refractivity contribution in [3.8, 4) is 6.07 Å². The number of nitriles is 1. The van der Waals surface area contributed by atoms with E-state index in [0.717, 1.165) is 53.6 Å². The second-order valence-corrected chi connectivity index (χ2v) is 6.10. The second kappa shape index (κ2) is 8.29. The molecule has 126 valence electrons. The zero-order valence-electron chi connectivity index (χ0n) is 13.4. The van der Waals surface area contributed by atoms with Crippen LogP contribution in [-0.2, 0) is 19.4 Å². The zero-order chi connectivity index (χ0) is 16.2. The molecule has 0 fully saturated rings. The van der Waals surface area contributed by atoms with Crippen molar-refractivity contribution in [2.45, 2.75) is 19.4 Å². The SMILES string of the molecule is CN1CCc2nc(C#N)nc(NCCc3ccccc3Cl)c2C1.Cl. The lowest BCUT2D eigenvalue weighted by Gasteiger charge is -2.26. The van der Waals surface area contributed by atoms with Gasteiger partial charge in [0.25, 0.3) is 0 Å². The fourth-order valence-corrected chi connectivity index (χ4v) is 2.99. The third-order valence-electron chi connectivity index (χ3n) is 4.00. The van der Waals surface area contributed by atoms with Gasteiger partial charge >= 0.3 is 0 Å². The maximum Gasteiger partial charge on any atom is 0.234 e. The Kier molecular flexibility index (Phi) is 6.38. The minimum absolute atomic E-state index is 0. The first kappa shape index (κ1) is 18.5. The van der Waals surface area contributed by atoms with Gasteiger partial charge in [0.05, 0.1) is 5.69 Å². The van der Waals surface area contributed by atoms with Crippen LogP contribution < -0.4 is 5.32 Å². The fraction of sp³-hybridized carbons (Fsp3) is 0.353. The van der Waals surface area contributed by atoms with E-state index in [2.05, 4.69) is 27.2 Å². The molecule has 7 heteroatoms. The van der Waals surface area contributed by atoms with Crippen molar-refractivity contribution in [3.05, 3.63) is 51.9 Å². The Morgan fingerprint density at radius 1 is 1.33 bits per heavy atom. The number of hydrogen-bond donors (Lipinski definition) is 1. The molecule has 0 unspecified atom stereocenters. The lowest BCUT2D eigenvalue weighted by molar-refractivity contribution is 0.309.